The Kier molecular flexibility index (Phi) is 10.3. The highest BCUT2D eigenvalue weighted by Gasteiger charge is 2.31. The number of aromatic hydroxyl groups is 1. The molecular weight excluding hydrogens is 568 g/mol. The summed E-state index contributed by atoms with van der Waals surface area (Å²) in [7, 11) is 1.42. The average molecular weight is 588 g/mol. The molecule has 2 aromatic rings. The molecule has 2 rings (SSSR count). The Morgan fingerprint density at radius 3 is 2.53 bits per heavy atom. The van der Waals surface area contributed by atoms with Crippen molar-refractivity contribution in [3.63, 3.8) is 0 Å². The van der Waals surface area contributed by atoms with Gasteiger partial charge in [0.1, 0.15) is 11.9 Å². The Morgan fingerprint density at radius 1 is 1.25 bits per heavy atom. The van der Waals surface area contributed by atoms with E-state index in [0.717, 1.165) is 0 Å². The highest BCUT2D eigenvalue weighted by atomic mass is 79.9. The zero-order valence-corrected chi connectivity index (χ0v) is 20.9. The first-order valence-electron chi connectivity index (χ1n) is 9.24. The van der Waals surface area contributed by atoms with E-state index in [4.69, 9.17) is 19.5 Å². The van der Waals surface area contributed by atoms with Crippen molar-refractivity contribution >= 4 is 62.2 Å². The largest absolute Gasteiger partial charge is 0.506 e. The first-order chi connectivity index (χ1) is 15.3. The zero-order valence-electron chi connectivity index (χ0n) is 16.9. The van der Waals surface area contributed by atoms with E-state index in [1.54, 1.807) is 36.4 Å². The van der Waals surface area contributed by atoms with Crippen LogP contribution in [0.4, 0.5) is 10.5 Å². The summed E-state index contributed by atoms with van der Waals surface area (Å²) in [6.07, 6.45) is -2.40. The van der Waals surface area contributed by atoms with Gasteiger partial charge in [-0.15, -0.1) is 0 Å². The van der Waals surface area contributed by atoms with Crippen molar-refractivity contribution in [3.05, 3.63) is 56.5 Å². The Morgan fingerprint density at radius 2 is 1.94 bits per heavy atom. The van der Waals surface area contributed by atoms with E-state index in [-0.39, 0.29) is 30.1 Å². The van der Waals surface area contributed by atoms with Gasteiger partial charge in [-0.3, -0.25) is 10.1 Å². The number of nitrogens with zero attached hydrogens (tertiary/aromatic N) is 1. The second-order valence-electron chi connectivity index (χ2n) is 6.41. The lowest BCUT2D eigenvalue weighted by Gasteiger charge is -2.27. The number of amides is 1. The molecule has 0 spiro atoms. The Hall–Kier alpha value is -2.26. The molecule has 11 heteroatoms. The fourth-order valence-electron chi connectivity index (χ4n) is 2.76. The number of nitriles is 1. The third kappa shape index (κ3) is 7.41. The number of methoxy groups -OCH3 is 1. The second-order valence-corrected chi connectivity index (χ2v) is 8.49. The number of halogens is 2. The molecule has 32 heavy (non-hydrogen) atoms. The van der Waals surface area contributed by atoms with Crippen molar-refractivity contribution in [2.75, 3.05) is 24.8 Å². The van der Waals surface area contributed by atoms with Gasteiger partial charge in [-0.1, -0.05) is 15.9 Å². The van der Waals surface area contributed by atoms with Crippen LogP contribution >= 0.6 is 44.5 Å². The maximum atomic E-state index is 12.6. The number of thiol groups is 1. The number of rotatable bonds is 9. The normalized spacial score (nSPS) is 12.3. The molecule has 0 aliphatic carbocycles. The van der Waals surface area contributed by atoms with E-state index < -0.39 is 24.3 Å². The van der Waals surface area contributed by atoms with Gasteiger partial charge in [-0.2, -0.15) is 17.9 Å². The van der Waals surface area contributed by atoms with Crippen molar-refractivity contribution in [1.82, 2.24) is 0 Å². The summed E-state index contributed by atoms with van der Waals surface area (Å²) >= 11 is 10.5. The summed E-state index contributed by atoms with van der Waals surface area (Å²) in [5.74, 6) is -0.685. The zero-order chi connectivity index (χ0) is 23.7. The number of carbonyl (C=O) groups excluding carboxylic acids is 2. The third-order valence-electron chi connectivity index (χ3n) is 4.29. The molecule has 0 unspecified atom stereocenters. The number of hydrogen-bond acceptors (Lipinski definition) is 8. The molecule has 2 N–H and O–H groups in total. The van der Waals surface area contributed by atoms with Crippen LogP contribution < -0.4 is 5.32 Å². The molecule has 0 aliphatic rings. The average Bonchev–Trinajstić information content (AvgIpc) is 2.78. The lowest BCUT2D eigenvalue weighted by atomic mass is 10.0. The molecule has 0 heterocycles. The summed E-state index contributed by atoms with van der Waals surface area (Å²) in [5.41, 5.74) is 1.15. The SMILES string of the molecule is CO[C@H](CCOC(=O)CS)[C@H](OC(=O)Nc1ccc(C#N)cc1)c1cc(Br)cc(Br)c1O. The third-order valence-corrected chi connectivity index (χ3v) is 5.61. The Bertz CT molecular complexity index is 997. The van der Waals surface area contributed by atoms with Gasteiger partial charge in [-0.25, -0.2) is 4.79 Å². The van der Waals surface area contributed by atoms with E-state index in [9.17, 15) is 14.7 Å². The molecule has 2 atom stereocenters. The number of carbonyl (C=O) groups is 2. The minimum atomic E-state index is -1.04. The van der Waals surface area contributed by atoms with Gasteiger partial charge >= 0.3 is 12.1 Å². The number of phenolic OH excluding ortho intramolecular Hbond substituents is 1. The molecule has 0 fully saturated rings. The van der Waals surface area contributed by atoms with E-state index in [1.165, 1.54) is 7.11 Å². The fraction of sp³-hybridized carbons (Fsp3) is 0.286. The van der Waals surface area contributed by atoms with Crippen molar-refractivity contribution < 1.29 is 28.9 Å². The van der Waals surface area contributed by atoms with Crippen LogP contribution in [-0.2, 0) is 19.0 Å². The fourth-order valence-corrected chi connectivity index (χ4v) is 4.11. The topological polar surface area (TPSA) is 118 Å². The maximum Gasteiger partial charge on any atom is 0.412 e. The predicted molar refractivity (Wildman–Crippen MR) is 128 cm³/mol. The van der Waals surface area contributed by atoms with Gasteiger partial charge in [0.25, 0.3) is 0 Å². The summed E-state index contributed by atoms with van der Waals surface area (Å²) in [5, 5.41) is 22.1. The van der Waals surface area contributed by atoms with Gasteiger partial charge in [0.2, 0.25) is 0 Å². The van der Waals surface area contributed by atoms with Crippen molar-refractivity contribution in [1.29, 1.82) is 5.26 Å². The van der Waals surface area contributed by atoms with Gasteiger partial charge in [0.05, 0.1) is 28.5 Å². The lowest BCUT2D eigenvalue weighted by Crippen LogP contribution is -2.29. The van der Waals surface area contributed by atoms with E-state index in [0.29, 0.717) is 20.2 Å². The molecule has 2 aromatic carbocycles. The quantitative estimate of drug-likeness (QED) is 0.280. The molecule has 0 radical (unpaired) electrons. The number of phenols is 1. The summed E-state index contributed by atoms with van der Waals surface area (Å²) in [4.78, 5) is 24.0. The van der Waals surface area contributed by atoms with E-state index >= 15 is 0 Å². The molecule has 0 aromatic heterocycles. The maximum absolute atomic E-state index is 12.6. The number of ether oxygens (including phenoxy) is 3. The van der Waals surface area contributed by atoms with Gasteiger partial charge in [0, 0.05) is 29.3 Å². The Labute approximate surface area is 207 Å². The molecular formula is C21H20Br2N2O6S. The summed E-state index contributed by atoms with van der Waals surface area (Å²) in [6.45, 7) is 0.00490. The molecule has 170 valence electrons. The van der Waals surface area contributed by atoms with Gasteiger partial charge in [0.15, 0.2) is 6.10 Å². The van der Waals surface area contributed by atoms with Crippen molar-refractivity contribution in [3.8, 4) is 11.8 Å². The van der Waals surface area contributed by atoms with Crippen LogP contribution in [0.15, 0.2) is 45.3 Å². The molecule has 0 aliphatic heterocycles. The first-order valence-corrected chi connectivity index (χ1v) is 11.5. The van der Waals surface area contributed by atoms with Crippen LogP contribution in [0.2, 0.25) is 0 Å². The number of nitrogens with one attached hydrogen (secondary N) is 1. The molecule has 8 nitrogen and oxygen atoms in total. The van der Waals surface area contributed by atoms with Crippen molar-refractivity contribution in [2.45, 2.75) is 18.6 Å². The summed E-state index contributed by atoms with van der Waals surface area (Å²) in [6, 6.07) is 11.5. The standard InChI is InChI=1S/C21H20Br2N2O6S/c1-29-17(6-7-30-18(26)11-32)20(15-8-13(22)9-16(23)19(15)27)31-21(28)25-14-4-2-12(10-24)3-5-14/h2-5,8-9,17,20,27,32H,6-7,11H2,1H3,(H,25,28)/t17-,20-/m1/s1. The highest BCUT2D eigenvalue weighted by Crippen LogP contribution is 2.39. The second kappa shape index (κ2) is 12.7. The predicted octanol–water partition coefficient (Wildman–Crippen LogP) is 4.96. The molecule has 0 saturated carbocycles. The van der Waals surface area contributed by atoms with Gasteiger partial charge in [-0.05, 0) is 52.3 Å². The number of hydrogen-bond donors (Lipinski definition) is 3. The number of benzene rings is 2. The van der Waals surface area contributed by atoms with Crippen LogP contribution in [0, 0.1) is 11.3 Å². The van der Waals surface area contributed by atoms with Crippen LogP contribution in [0.5, 0.6) is 5.75 Å². The van der Waals surface area contributed by atoms with Crippen LogP contribution in [0.25, 0.3) is 0 Å². The Balaban J connectivity index is 2.27. The lowest BCUT2D eigenvalue weighted by molar-refractivity contribution is -0.141. The minimum absolute atomic E-state index is 0.00490. The monoisotopic (exact) mass is 586 g/mol. The molecule has 0 saturated heterocycles. The van der Waals surface area contributed by atoms with Crippen LogP contribution in [0.1, 0.15) is 23.7 Å². The molecule has 0 bridgehead atoms. The smallest absolute Gasteiger partial charge is 0.412 e. The summed E-state index contributed by atoms with van der Waals surface area (Å²) < 4.78 is 17.2. The molecule has 1 amide bonds. The van der Waals surface area contributed by atoms with E-state index in [2.05, 4.69) is 49.8 Å². The highest BCUT2D eigenvalue weighted by molar-refractivity contribution is 9.11. The number of esters is 1. The number of anilines is 1. The minimum Gasteiger partial charge on any atom is -0.506 e. The van der Waals surface area contributed by atoms with Crippen LogP contribution in [-0.4, -0.2) is 42.7 Å². The van der Waals surface area contributed by atoms with Crippen molar-refractivity contribution in [2.24, 2.45) is 0 Å². The van der Waals surface area contributed by atoms with E-state index in [1.807, 2.05) is 6.07 Å². The van der Waals surface area contributed by atoms with Crippen LogP contribution in [0.3, 0.4) is 0 Å². The first kappa shape index (κ1) is 26.0. The van der Waals surface area contributed by atoms with Gasteiger partial charge < -0.3 is 19.3 Å².